The number of aryl methyl sites for hydroxylation is 1. The fourth-order valence-electron chi connectivity index (χ4n) is 2.09. The van der Waals surface area contributed by atoms with E-state index >= 15 is 0 Å². The normalized spacial score (nSPS) is 11.0. The van der Waals surface area contributed by atoms with Gasteiger partial charge in [0.2, 0.25) is 0 Å². The summed E-state index contributed by atoms with van der Waals surface area (Å²) in [7, 11) is 1.66. The maximum absolute atomic E-state index is 5.80. The summed E-state index contributed by atoms with van der Waals surface area (Å²) in [6.07, 6.45) is 3.67. The molecule has 0 aliphatic rings. The van der Waals surface area contributed by atoms with E-state index in [1.165, 1.54) is 0 Å². The standard InChI is InChI=1S/C17H24N2O2/c1-13(2)11-18-9-5-8-17-19-12-16(21-17)14-6-4-7-15(10-14)20-3/h4,6-7,10,12-13,18H,5,8-9,11H2,1-3H3. The predicted octanol–water partition coefficient (Wildman–Crippen LogP) is 3.53. The van der Waals surface area contributed by atoms with Crippen LogP contribution < -0.4 is 10.1 Å². The monoisotopic (exact) mass is 288 g/mol. The van der Waals surface area contributed by atoms with Crippen molar-refractivity contribution in [2.75, 3.05) is 20.2 Å². The Kier molecular flexibility index (Phi) is 5.81. The van der Waals surface area contributed by atoms with Gasteiger partial charge in [0.05, 0.1) is 13.3 Å². The molecule has 0 fully saturated rings. The number of nitrogens with zero attached hydrogens (tertiary/aromatic N) is 1. The molecule has 0 spiro atoms. The molecule has 0 saturated heterocycles. The molecule has 2 aromatic rings. The Balaban J connectivity index is 1.86. The molecule has 1 heterocycles. The van der Waals surface area contributed by atoms with Crippen LogP contribution in [0.3, 0.4) is 0 Å². The summed E-state index contributed by atoms with van der Waals surface area (Å²) in [5.74, 6) is 3.09. The summed E-state index contributed by atoms with van der Waals surface area (Å²) < 4.78 is 11.0. The second-order valence-corrected chi connectivity index (χ2v) is 5.55. The molecule has 4 heteroatoms. The zero-order valence-electron chi connectivity index (χ0n) is 13.1. The van der Waals surface area contributed by atoms with E-state index in [9.17, 15) is 0 Å². The van der Waals surface area contributed by atoms with Crippen LogP contribution >= 0.6 is 0 Å². The average molecular weight is 288 g/mol. The van der Waals surface area contributed by atoms with Crippen molar-refractivity contribution in [2.24, 2.45) is 5.92 Å². The lowest BCUT2D eigenvalue weighted by Gasteiger charge is -2.05. The largest absolute Gasteiger partial charge is 0.497 e. The van der Waals surface area contributed by atoms with Crippen LogP contribution in [0.1, 0.15) is 26.2 Å². The van der Waals surface area contributed by atoms with E-state index in [0.717, 1.165) is 48.9 Å². The van der Waals surface area contributed by atoms with Crippen LogP contribution in [0, 0.1) is 5.92 Å². The lowest BCUT2D eigenvalue weighted by Crippen LogP contribution is -2.21. The average Bonchev–Trinajstić information content (AvgIpc) is 2.95. The fourth-order valence-corrected chi connectivity index (χ4v) is 2.09. The van der Waals surface area contributed by atoms with Gasteiger partial charge in [-0.15, -0.1) is 0 Å². The van der Waals surface area contributed by atoms with E-state index in [0.29, 0.717) is 5.92 Å². The zero-order valence-corrected chi connectivity index (χ0v) is 13.1. The summed E-state index contributed by atoms with van der Waals surface area (Å²) in [6, 6.07) is 7.82. The summed E-state index contributed by atoms with van der Waals surface area (Å²) in [5, 5.41) is 3.42. The fraction of sp³-hybridized carbons (Fsp3) is 0.471. The Bertz CT molecular complexity index is 549. The van der Waals surface area contributed by atoms with Gasteiger partial charge in [-0.25, -0.2) is 4.98 Å². The van der Waals surface area contributed by atoms with Gasteiger partial charge in [0.25, 0.3) is 0 Å². The molecule has 114 valence electrons. The number of methoxy groups -OCH3 is 1. The molecule has 1 aromatic carbocycles. The molecular weight excluding hydrogens is 264 g/mol. The Labute approximate surface area is 126 Å². The van der Waals surface area contributed by atoms with Crippen LogP contribution in [0.15, 0.2) is 34.9 Å². The Morgan fingerprint density at radius 3 is 2.95 bits per heavy atom. The van der Waals surface area contributed by atoms with Gasteiger partial charge in [-0.2, -0.15) is 0 Å². The highest BCUT2D eigenvalue weighted by atomic mass is 16.5. The van der Waals surface area contributed by atoms with Crippen LogP contribution in [-0.4, -0.2) is 25.2 Å². The van der Waals surface area contributed by atoms with Gasteiger partial charge < -0.3 is 14.5 Å². The van der Waals surface area contributed by atoms with E-state index < -0.39 is 0 Å². The lowest BCUT2D eigenvalue weighted by atomic mass is 10.2. The lowest BCUT2D eigenvalue weighted by molar-refractivity contribution is 0.414. The number of rotatable bonds is 8. The van der Waals surface area contributed by atoms with Crippen LogP contribution in [0.2, 0.25) is 0 Å². The molecule has 21 heavy (non-hydrogen) atoms. The van der Waals surface area contributed by atoms with Crippen molar-refractivity contribution >= 4 is 0 Å². The van der Waals surface area contributed by atoms with E-state index in [2.05, 4.69) is 24.1 Å². The molecule has 0 atom stereocenters. The Morgan fingerprint density at radius 2 is 2.19 bits per heavy atom. The summed E-state index contributed by atoms with van der Waals surface area (Å²) in [6.45, 7) is 6.47. The van der Waals surface area contributed by atoms with Gasteiger partial charge >= 0.3 is 0 Å². The Hall–Kier alpha value is -1.81. The quantitative estimate of drug-likeness (QED) is 0.755. The van der Waals surface area contributed by atoms with E-state index in [1.54, 1.807) is 13.3 Å². The van der Waals surface area contributed by atoms with E-state index in [1.807, 2.05) is 24.3 Å². The minimum absolute atomic E-state index is 0.686. The van der Waals surface area contributed by atoms with Crippen LogP contribution in [0.5, 0.6) is 5.75 Å². The van der Waals surface area contributed by atoms with Crippen molar-refractivity contribution in [3.63, 3.8) is 0 Å². The van der Waals surface area contributed by atoms with Crippen molar-refractivity contribution < 1.29 is 9.15 Å². The number of benzene rings is 1. The van der Waals surface area contributed by atoms with E-state index in [4.69, 9.17) is 9.15 Å². The van der Waals surface area contributed by atoms with Gasteiger partial charge in [0.15, 0.2) is 11.7 Å². The molecule has 0 unspecified atom stereocenters. The molecule has 0 amide bonds. The van der Waals surface area contributed by atoms with Gasteiger partial charge in [-0.1, -0.05) is 26.0 Å². The highest BCUT2D eigenvalue weighted by Crippen LogP contribution is 2.24. The first-order chi connectivity index (χ1) is 10.2. The number of nitrogens with one attached hydrogen (secondary N) is 1. The van der Waals surface area contributed by atoms with E-state index in [-0.39, 0.29) is 0 Å². The van der Waals surface area contributed by atoms with Gasteiger partial charge in [0, 0.05) is 12.0 Å². The number of hydrogen-bond acceptors (Lipinski definition) is 4. The third kappa shape index (κ3) is 4.90. The first-order valence-electron chi connectivity index (χ1n) is 7.49. The van der Waals surface area contributed by atoms with Gasteiger partial charge in [-0.05, 0) is 37.6 Å². The van der Waals surface area contributed by atoms with Crippen molar-refractivity contribution in [3.8, 4) is 17.1 Å². The summed E-state index contributed by atoms with van der Waals surface area (Å²) >= 11 is 0. The third-order valence-electron chi connectivity index (χ3n) is 3.20. The molecular formula is C17H24N2O2. The maximum atomic E-state index is 5.80. The number of oxazole rings is 1. The summed E-state index contributed by atoms with van der Waals surface area (Å²) in [5.41, 5.74) is 0.992. The number of ether oxygens (including phenoxy) is 1. The highest BCUT2D eigenvalue weighted by Gasteiger charge is 2.07. The van der Waals surface area contributed by atoms with Crippen LogP contribution in [0.4, 0.5) is 0 Å². The maximum Gasteiger partial charge on any atom is 0.194 e. The highest BCUT2D eigenvalue weighted by molar-refractivity contribution is 5.58. The zero-order chi connectivity index (χ0) is 15.1. The minimum atomic E-state index is 0.686. The van der Waals surface area contributed by atoms with Crippen molar-refractivity contribution in [1.29, 1.82) is 0 Å². The molecule has 0 bridgehead atoms. The predicted molar refractivity (Wildman–Crippen MR) is 84.5 cm³/mol. The third-order valence-corrected chi connectivity index (χ3v) is 3.20. The second-order valence-electron chi connectivity index (χ2n) is 5.55. The molecule has 0 saturated carbocycles. The van der Waals surface area contributed by atoms with Crippen molar-refractivity contribution in [3.05, 3.63) is 36.4 Å². The van der Waals surface area contributed by atoms with Gasteiger partial charge in [0.1, 0.15) is 5.75 Å². The van der Waals surface area contributed by atoms with Crippen LogP contribution in [-0.2, 0) is 6.42 Å². The molecule has 1 aromatic heterocycles. The first kappa shape index (κ1) is 15.6. The topological polar surface area (TPSA) is 47.3 Å². The first-order valence-corrected chi connectivity index (χ1v) is 7.49. The number of aromatic nitrogens is 1. The molecule has 1 N–H and O–H groups in total. The SMILES string of the molecule is COc1cccc(-c2cnc(CCCNCC(C)C)o2)c1. The minimum Gasteiger partial charge on any atom is -0.497 e. The molecule has 4 nitrogen and oxygen atoms in total. The Morgan fingerprint density at radius 1 is 1.33 bits per heavy atom. The van der Waals surface area contributed by atoms with Crippen molar-refractivity contribution in [1.82, 2.24) is 10.3 Å². The molecule has 0 aliphatic carbocycles. The van der Waals surface area contributed by atoms with Gasteiger partial charge in [-0.3, -0.25) is 0 Å². The van der Waals surface area contributed by atoms with Crippen LogP contribution in [0.25, 0.3) is 11.3 Å². The number of hydrogen-bond donors (Lipinski definition) is 1. The summed E-state index contributed by atoms with van der Waals surface area (Å²) in [4.78, 5) is 4.35. The smallest absolute Gasteiger partial charge is 0.194 e. The molecule has 0 radical (unpaired) electrons. The van der Waals surface area contributed by atoms with Crippen molar-refractivity contribution in [2.45, 2.75) is 26.7 Å². The molecule has 2 rings (SSSR count). The molecule has 0 aliphatic heterocycles. The second kappa shape index (κ2) is 7.84.